The molecule has 0 spiro atoms. The molecule has 0 saturated heterocycles. The summed E-state index contributed by atoms with van der Waals surface area (Å²) >= 11 is 7.92. The molecule has 0 aromatic carbocycles. The van der Waals surface area contributed by atoms with E-state index in [1.165, 1.54) is 0 Å². The van der Waals surface area contributed by atoms with E-state index in [9.17, 15) is 5.11 Å². The minimum absolute atomic E-state index is 0.287. The molecule has 0 bridgehead atoms. The Hall–Kier alpha value is -1.72. The van der Waals surface area contributed by atoms with Crippen LogP contribution in [0.4, 0.5) is 0 Å². The van der Waals surface area contributed by atoms with Crippen molar-refractivity contribution in [2.45, 2.75) is 25.5 Å². The number of aromatic nitrogens is 2. The van der Waals surface area contributed by atoms with Gasteiger partial charge in [0.2, 0.25) is 0 Å². The third kappa shape index (κ3) is 3.36. The Morgan fingerprint density at radius 2 is 2.27 bits per heavy atom. The zero-order valence-electron chi connectivity index (χ0n) is 12.2. The molecule has 22 heavy (non-hydrogen) atoms. The highest BCUT2D eigenvalue weighted by molar-refractivity contribution is 8.13. The molecule has 0 fully saturated rings. The second-order valence-electron chi connectivity index (χ2n) is 5.03. The predicted molar refractivity (Wildman–Crippen MR) is 92.6 cm³/mol. The summed E-state index contributed by atoms with van der Waals surface area (Å²) in [6.07, 6.45) is 7.06. The van der Waals surface area contributed by atoms with Gasteiger partial charge in [-0.05, 0) is 38.0 Å². The first-order chi connectivity index (χ1) is 10.6. The summed E-state index contributed by atoms with van der Waals surface area (Å²) in [5.74, 6) is 1.00. The van der Waals surface area contributed by atoms with E-state index >= 15 is 0 Å². The molecule has 2 aromatic rings. The van der Waals surface area contributed by atoms with Crippen molar-refractivity contribution in [2.75, 3.05) is 0 Å². The van der Waals surface area contributed by atoms with Crippen molar-refractivity contribution in [3.05, 3.63) is 58.9 Å². The van der Waals surface area contributed by atoms with Gasteiger partial charge in [-0.1, -0.05) is 17.7 Å². The normalized spacial score (nSPS) is 18.2. The van der Waals surface area contributed by atoms with Crippen LogP contribution >= 0.6 is 23.4 Å². The van der Waals surface area contributed by atoms with E-state index in [0.717, 1.165) is 34.9 Å². The average Bonchev–Trinajstić information content (AvgIpc) is 2.78. The maximum Gasteiger partial charge on any atom is 0.152 e. The van der Waals surface area contributed by atoms with Crippen LogP contribution in [0.25, 0.3) is 5.65 Å². The van der Waals surface area contributed by atoms with Gasteiger partial charge in [-0.3, -0.25) is 4.99 Å². The maximum absolute atomic E-state index is 9.59. The van der Waals surface area contributed by atoms with E-state index < -0.39 is 0 Å². The largest absolute Gasteiger partial charge is 0.508 e. The SMILES string of the molecule is CC1=C/C(O)=C\CCC(SCc2c(Cl)nc3ccccn23)=N1. The molecule has 3 heterocycles. The molecule has 0 atom stereocenters. The fourth-order valence-electron chi connectivity index (χ4n) is 2.30. The number of imidazole rings is 1. The lowest BCUT2D eigenvalue weighted by Gasteiger charge is -2.08. The summed E-state index contributed by atoms with van der Waals surface area (Å²) in [6.45, 7) is 1.89. The fourth-order valence-corrected chi connectivity index (χ4v) is 3.68. The van der Waals surface area contributed by atoms with Gasteiger partial charge in [0.25, 0.3) is 0 Å². The van der Waals surface area contributed by atoms with Crippen LogP contribution in [0.1, 0.15) is 25.5 Å². The number of fused-ring (bicyclic) bond motifs is 1. The molecule has 6 heteroatoms. The maximum atomic E-state index is 9.59. The van der Waals surface area contributed by atoms with Crippen LogP contribution in [0.5, 0.6) is 0 Å². The number of nitrogens with zero attached hydrogens (tertiary/aromatic N) is 3. The Morgan fingerprint density at radius 1 is 1.41 bits per heavy atom. The number of aliphatic hydroxyl groups is 1. The Kier molecular flexibility index (Phi) is 4.55. The highest BCUT2D eigenvalue weighted by Gasteiger charge is 2.12. The van der Waals surface area contributed by atoms with Gasteiger partial charge in [-0.2, -0.15) is 0 Å². The zero-order valence-corrected chi connectivity index (χ0v) is 13.7. The van der Waals surface area contributed by atoms with Gasteiger partial charge in [0.1, 0.15) is 11.4 Å². The third-order valence-corrected chi connectivity index (χ3v) is 4.67. The van der Waals surface area contributed by atoms with Gasteiger partial charge in [0, 0.05) is 23.7 Å². The molecule has 0 radical (unpaired) electrons. The van der Waals surface area contributed by atoms with Gasteiger partial charge in [-0.15, -0.1) is 11.8 Å². The van der Waals surface area contributed by atoms with Gasteiger partial charge in [0.15, 0.2) is 5.15 Å². The molecule has 3 rings (SSSR count). The van der Waals surface area contributed by atoms with Crippen molar-refractivity contribution in [1.29, 1.82) is 0 Å². The van der Waals surface area contributed by atoms with Crippen LogP contribution in [0.2, 0.25) is 5.15 Å². The van der Waals surface area contributed by atoms with Crippen molar-refractivity contribution in [2.24, 2.45) is 4.99 Å². The number of hydrogen-bond acceptors (Lipinski definition) is 4. The summed E-state index contributed by atoms with van der Waals surface area (Å²) in [5.41, 5.74) is 2.64. The smallest absolute Gasteiger partial charge is 0.152 e. The van der Waals surface area contributed by atoms with E-state index in [2.05, 4.69) is 9.98 Å². The molecule has 1 aliphatic heterocycles. The van der Waals surface area contributed by atoms with Crippen LogP contribution < -0.4 is 0 Å². The van der Waals surface area contributed by atoms with Crippen LogP contribution in [-0.4, -0.2) is 19.5 Å². The van der Waals surface area contributed by atoms with Crippen LogP contribution in [-0.2, 0) is 5.75 Å². The molecule has 1 N–H and O–H groups in total. The predicted octanol–water partition coefficient (Wildman–Crippen LogP) is 4.76. The Morgan fingerprint density at radius 3 is 3.14 bits per heavy atom. The van der Waals surface area contributed by atoms with E-state index in [-0.39, 0.29) is 5.76 Å². The lowest BCUT2D eigenvalue weighted by atomic mass is 10.2. The first-order valence-corrected chi connectivity index (χ1v) is 8.39. The molecule has 0 saturated carbocycles. The highest BCUT2D eigenvalue weighted by Crippen LogP contribution is 2.25. The summed E-state index contributed by atoms with van der Waals surface area (Å²) in [6, 6.07) is 5.85. The third-order valence-electron chi connectivity index (χ3n) is 3.33. The first-order valence-electron chi connectivity index (χ1n) is 7.03. The van der Waals surface area contributed by atoms with Crippen molar-refractivity contribution < 1.29 is 5.11 Å². The number of thioether (sulfide) groups is 1. The number of pyridine rings is 1. The number of hydrogen-bond donors (Lipinski definition) is 1. The molecule has 0 amide bonds. The Balaban J connectivity index is 1.79. The molecular formula is C16H16ClN3OS. The van der Waals surface area contributed by atoms with E-state index in [0.29, 0.717) is 10.9 Å². The second-order valence-corrected chi connectivity index (χ2v) is 6.43. The highest BCUT2D eigenvalue weighted by atomic mass is 35.5. The molecular weight excluding hydrogens is 318 g/mol. The summed E-state index contributed by atoms with van der Waals surface area (Å²) < 4.78 is 2.01. The standard InChI is InChI=1S/C16H16ClN3OS/c1-11-9-12(21)5-4-7-15(18-11)22-10-13-16(17)19-14-6-2-3-8-20(13)14/h2-3,5-6,8-9,21H,4,7,10H2,1H3/b11-9?,12-5+,18-15?. The van der Waals surface area contributed by atoms with E-state index in [1.807, 2.05) is 41.8 Å². The Labute approximate surface area is 138 Å². The molecule has 4 nitrogen and oxygen atoms in total. The number of allylic oxidation sites excluding steroid dienone is 3. The first kappa shape index (κ1) is 15.2. The molecule has 0 aliphatic carbocycles. The second kappa shape index (κ2) is 6.58. The quantitative estimate of drug-likeness (QED) is 0.862. The molecule has 114 valence electrons. The van der Waals surface area contributed by atoms with Gasteiger partial charge in [-0.25, -0.2) is 4.98 Å². The van der Waals surface area contributed by atoms with Crippen molar-refractivity contribution in [3.8, 4) is 0 Å². The monoisotopic (exact) mass is 333 g/mol. The summed E-state index contributed by atoms with van der Waals surface area (Å²) in [5, 5.41) is 11.2. The van der Waals surface area contributed by atoms with Crippen LogP contribution in [0, 0.1) is 0 Å². The van der Waals surface area contributed by atoms with Crippen molar-refractivity contribution in [3.63, 3.8) is 0 Å². The number of aliphatic hydroxyl groups excluding tert-OH is 1. The fraction of sp³-hybridized carbons (Fsp3) is 0.250. The minimum atomic E-state index is 0.287. The summed E-state index contributed by atoms with van der Waals surface area (Å²) in [4.78, 5) is 8.92. The zero-order chi connectivity index (χ0) is 15.5. The van der Waals surface area contributed by atoms with Crippen LogP contribution in [0.15, 0.2) is 53.0 Å². The average molecular weight is 334 g/mol. The lowest BCUT2D eigenvalue weighted by Crippen LogP contribution is -1.99. The van der Waals surface area contributed by atoms with Crippen molar-refractivity contribution >= 4 is 34.1 Å². The Bertz CT molecular complexity index is 792. The topological polar surface area (TPSA) is 49.9 Å². The number of aliphatic imine (C=N–C) groups is 1. The lowest BCUT2D eigenvalue weighted by molar-refractivity contribution is 0.428. The minimum Gasteiger partial charge on any atom is -0.508 e. The van der Waals surface area contributed by atoms with Gasteiger partial charge >= 0.3 is 0 Å². The van der Waals surface area contributed by atoms with Crippen molar-refractivity contribution in [1.82, 2.24) is 9.38 Å². The number of halogens is 1. The van der Waals surface area contributed by atoms with Gasteiger partial charge < -0.3 is 9.51 Å². The van der Waals surface area contributed by atoms with Gasteiger partial charge in [0.05, 0.1) is 10.7 Å². The molecule has 0 unspecified atom stereocenters. The summed E-state index contributed by atoms with van der Waals surface area (Å²) in [7, 11) is 0. The molecule has 2 aromatic heterocycles. The van der Waals surface area contributed by atoms with Crippen LogP contribution in [0.3, 0.4) is 0 Å². The van der Waals surface area contributed by atoms with E-state index in [4.69, 9.17) is 11.6 Å². The molecule has 1 aliphatic rings. The van der Waals surface area contributed by atoms with E-state index in [1.54, 1.807) is 17.8 Å². The number of rotatable bonds is 2.